The molecule has 0 aliphatic carbocycles. The molecule has 0 fully saturated rings. The minimum atomic E-state index is -0.354. The Balaban J connectivity index is 1.82. The first kappa shape index (κ1) is 18.5. The van der Waals surface area contributed by atoms with Crippen molar-refractivity contribution in [2.75, 3.05) is 19.5 Å². The first-order chi connectivity index (χ1) is 13.0. The summed E-state index contributed by atoms with van der Waals surface area (Å²) in [7, 11) is 3.10. The average Bonchev–Trinajstić information content (AvgIpc) is 2.68. The summed E-state index contributed by atoms with van der Waals surface area (Å²) in [6.07, 6.45) is 3.75. The molecule has 0 radical (unpaired) electrons. The number of fused-ring (bicyclic) bond motifs is 1. The maximum atomic E-state index is 12.7. The maximum Gasteiger partial charge on any atom is 0.226 e. The van der Waals surface area contributed by atoms with Crippen molar-refractivity contribution in [1.82, 2.24) is 4.90 Å². The van der Waals surface area contributed by atoms with Gasteiger partial charge in [-0.25, -0.2) is 0 Å². The van der Waals surface area contributed by atoms with Gasteiger partial charge in [0, 0.05) is 19.2 Å². The van der Waals surface area contributed by atoms with Gasteiger partial charge in [0.25, 0.3) is 0 Å². The molecule has 2 aromatic rings. The Hall–Kier alpha value is -3.28. The molecule has 140 valence electrons. The normalized spacial score (nSPS) is 15.1. The van der Waals surface area contributed by atoms with Crippen LogP contribution in [0.3, 0.4) is 0 Å². The van der Waals surface area contributed by atoms with Crippen molar-refractivity contribution in [1.29, 1.82) is 0 Å². The SMILES string of the molecule is COc1ccc(NC(=O)CC2c3ccccc3C=CN2C(C)=O)c(OC)c1. The monoisotopic (exact) mass is 366 g/mol. The summed E-state index contributed by atoms with van der Waals surface area (Å²) >= 11 is 0. The number of rotatable bonds is 5. The molecule has 1 aliphatic heterocycles. The van der Waals surface area contributed by atoms with Gasteiger partial charge in [-0.05, 0) is 29.3 Å². The Labute approximate surface area is 158 Å². The molecule has 3 rings (SSSR count). The molecular weight excluding hydrogens is 344 g/mol. The van der Waals surface area contributed by atoms with Crippen molar-refractivity contribution in [2.24, 2.45) is 0 Å². The topological polar surface area (TPSA) is 67.9 Å². The number of hydrogen-bond donors (Lipinski definition) is 1. The summed E-state index contributed by atoms with van der Waals surface area (Å²) in [6, 6.07) is 12.6. The molecule has 1 N–H and O–H groups in total. The van der Waals surface area contributed by atoms with Crippen molar-refractivity contribution in [3.05, 3.63) is 59.8 Å². The molecule has 0 bridgehead atoms. The second kappa shape index (κ2) is 7.95. The fourth-order valence-corrected chi connectivity index (χ4v) is 3.19. The predicted octanol–water partition coefficient (Wildman–Crippen LogP) is 3.61. The Morgan fingerprint density at radius 2 is 1.89 bits per heavy atom. The number of hydrogen-bond acceptors (Lipinski definition) is 4. The lowest BCUT2D eigenvalue weighted by Crippen LogP contribution is -2.33. The Morgan fingerprint density at radius 1 is 1.11 bits per heavy atom. The van der Waals surface area contributed by atoms with Gasteiger partial charge >= 0.3 is 0 Å². The zero-order valence-electron chi connectivity index (χ0n) is 15.6. The third kappa shape index (κ3) is 3.95. The summed E-state index contributed by atoms with van der Waals surface area (Å²) in [5.41, 5.74) is 2.51. The minimum absolute atomic E-state index is 0.111. The first-order valence-corrected chi connectivity index (χ1v) is 8.61. The lowest BCUT2D eigenvalue weighted by molar-refractivity contribution is -0.129. The van der Waals surface area contributed by atoms with E-state index >= 15 is 0 Å². The average molecular weight is 366 g/mol. The zero-order valence-corrected chi connectivity index (χ0v) is 15.6. The molecule has 1 unspecified atom stereocenters. The molecule has 0 aromatic heterocycles. The number of nitrogens with zero attached hydrogens (tertiary/aromatic N) is 1. The molecule has 0 saturated heterocycles. The van der Waals surface area contributed by atoms with Crippen LogP contribution < -0.4 is 14.8 Å². The van der Waals surface area contributed by atoms with Gasteiger partial charge in [0.2, 0.25) is 11.8 Å². The molecule has 0 saturated carbocycles. The van der Waals surface area contributed by atoms with E-state index < -0.39 is 0 Å². The largest absolute Gasteiger partial charge is 0.497 e. The van der Waals surface area contributed by atoms with E-state index in [1.54, 1.807) is 36.4 Å². The third-order valence-corrected chi connectivity index (χ3v) is 4.53. The smallest absolute Gasteiger partial charge is 0.226 e. The second-order valence-electron chi connectivity index (χ2n) is 6.21. The number of carbonyl (C=O) groups is 2. The van der Waals surface area contributed by atoms with Crippen LogP contribution in [0.5, 0.6) is 11.5 Å². The predicted molar refractivity (Wildman–Crippen MR) is 104 cm³/mol. The maximum absolute atomic E-state index is 12.7. The first-order valence-electron chi connectivity index (χ1n) is 8.61. The van der Waals surface area contributed by atoms with Crippen molar-refractivity contribution >= 4 is 23.6 Å². The van der Waals surface area contributed by atoms with E-state index in [4.69, 9.17) is 9.47 Å². The van der Waals surface area contributed by atoms with Gasteiger partial charge in [-0.3, -0.25) is 9.59 Å². The summed E-state index contributed by atoms with van der Waals surface area (Å²) < 4.78 is 10.5. The molecule has 0 spiro atoms. The van der Waals surface area contributed by atoms with E-state index in [0.717, 1.165) is 11.1 Å². The number of nitrogens with one attached hydrogen (secondary N) is 1. The number of anilines is 1. The van der Waals surface area contributed by atoms with Gasteiger partial charge in [0.05, 0.1) is 32.4 Å². The summed E-state index contributed by atoms with van der Waals surface area (Å²) in [5, 5.41) is 2.87. The number of ether oxygens (including phenoxy) is 2. The summed E-state index contributed by atoms with van der Waals surface area (Å²) in [5.74, 6) is 0.828. The fourth-order valence-electron chi connectivity index (χ4n) is 3.19. The molecule has 1 heterocycles. The summed E-state index contributed by atoms with van der Waals surface area (Å²) in [4.78, 5) is 26.4. The van der Waals surface area contributed by atoms with E-state index in [0.29, 0.717) is 17.2 Å². The molecule has 2 aromatic carbocycles. The van der Waals surface area contributed by atoms with Gasteiger partial charge < -0.3 is 19.7 Å². The fraction of sp³-hybridized carbons (Fsp3) is 0.238. The van der Waals surface area contributed by atoms with E-state index in [-0.39, 0.29) is 24.3 Å². The Bertz CT molecular complexity index is 892. The van der Waals surface area contributed by atoms with Crippen LogP contribution in [0.4, 0.5) is 5.69 Å². The molecule has 1 aliphatic rings. The van der Waals surface area contributed by atoms with Crippen LogP contribution in [0.25, 0.3) is 6.08 Å². The van der Waals surface area contributed by atoms with E-state index in [1.165, 1.54) is 14.0 Å². The molecule has 27 heavy (non-hydrogen) atoms. The Morgan fingerprint density at radius 3 is 2.59 bits per heavy atom. The molecule has 1 atom stereocenters. The van der Waals surface area contributed by atoms with Gasteiger partial charge in [-0.2, -0.15) is 0 Å². The lowest BCUT2D eigenvalue weighted by Gasteiger charge is -2.32. The zero-order chi connectivity index (χ0) is 19.4. The highest BCUT2D eigenvalue weighted by molar-refractivity contribution is 5.93. The van der Waals surface area contributed by atoms with Crippen LogP contribution in [0.2, 0.25) is 0 Å². The van der Waals surface area contributed by atoms with Crippen LogP contribution in [0, 0.1) is 0 Å². The third-order valence-electron chi connectivity index (χ3n) is 4.53. The van der Waals surface area contributed by atoms with E-state index in [9.17, 15) is 9.59 Å². The van der Waals surface area contributed by atoms with Crippen LogP contribution >= 0.6 is 0 Å². The van der Waals surface area contributed by atoms with Gasteiger partial charge in [0.1, 0.15) is 11.5 Å². The quantitative estimate of drug-likeness (QED) is 0.878. The number of carbonyl (C=O) groups excluding carboxylic acids is 2. The van der Waals surface area contributed by atoms with Crippen molar-refractivity contribution in [2.45, 2.75) is 19.4 Å². The number of benzene rings is 2. The highest BCUT2D eigenvalue weighted by Gasteiger charge is 2.28. The van der Waals surface area contributed by atoms with Gasteiger partial charge in [0.15, 0.2) is 0 Å². The van der Waals surface area contributed by atoms with Crippen molar-refractivity contribution in [3.8, 4) is 11.5 Å². The minimum Gasteiger partial charge on any atom is -0.497 e. The van der Waals surface area contributed by atoms with Crippen LogP contribution in [-0.4, -0.2) is 30.9 Å². The van der Waals surface area contributed by atoms with Crippen LogP contribution in [0.15, 0.2) is 48.7 Å². The highest BCUT2D eigenvalue weighted by atomic mass is 16.5. The van der Waals surface area contributed by atoms with Crippen molar-refractivity contribution in [3.63, 3.8) is 0 Å². The van der Waals surface area contributed by atoms with Crippen LogP contribution in [0.1, 0.15) is 30.5 Å². The van der Waals surface area contributed by atoms with Gasteiger partial charge in [-0.1, -0.05) is 24.3 Å². The summed E-state index contributed by atoms with van der Waals surface area (Å²) in [6.45, 7) is 1.50. The van der Waals surface area contributed by atoms with Crippen LogP contribution in [-0.2, 0) is 9.59 Å². The van der Waals surface area contributed by atoms with E-state index in [2.05, 4.69) is 5.32 Å². The second-order valence-corrected chi connectivity index (χ2v) is 6.21. The lowest BCUT2D eigenvalue weighted by atomic mass is 9.93. The molecular formula is C21H22N2O4. The molecule has 2 amide bonds. The Kier molecular flexibility index (Phi) is 5.45. The number of amides is 2. The number of methoxy groups -OCH3 is 2. The molecule has 6 heteroatoms. The molecule has 6 nitrogen and oxygen atoms in total. The van der Waals surface area contributed by atoms with E-state index in [1.807, 2.05) is 30.3 Å². The van der Waals surface area contributed by atoms with Crippen molar-refractivity contribution < 1.29 is 19.1 Å². The standard InChI is InChI=1S/C21H22N2O4/c1-14(24)23-11-10-15-6-4-5-7-17(15)19(23)13-21(25)22-18-9-8-16(26-2)12-20(18)27-3/h4-12,19H,13H2,1-3H3,(H,22,25). The highest BCUT2D eigenvalue weighted by Crippen LogP contribution is 2.34. The van der Waals surface area contributed by atoms with Gasteiger partial charge in [-0.15, -0.1) is 0 Å².